The highest BCUT2D eigenvalue weighted by Crippen LogP contribution is 2.37. The van der Waals surface area contributed by atoms with Crippen molar-refractivity contribution < 1.29 is 27.2 Å². The molecule has 0 atom stereocenters. The van der Waals surface area contributed by atoms with Crippen molar-refractivity contribution in [2.45, 2.75) is 70.0 Å². The van der Waals surface area contributed by atoms with E-state index in [1.54, 1.807) is 42.2 Å². The zero-order valence-electron chi connectivity index (χ0n) is 24.5. The molecule has 0 bridgehead atoms. The fourth-order valence-electron chi connectivity index (χ4n) is 5.73. The van der Waals surface area contributed by atoms with Gasteiger partial charge in [-0.05, 0) is 74.7 Å². The van der Waals surface area contributed by atoms with E-state index in [9.17, 15) is 18.0 Å². The van der Waals surface area contributed by atoms with E-state index in [2.05, 4.69) is 0 Å². The van der Waals surface area contributed by atoms with Gasteiger partial charge in [0.25, 0.3) is 5.91 Å². The molecule has 1 amide bonds. The standard InChI is InChI=1S/C33H35ClN2O6S/c1-22-9-11-24(12-10-22)20-35(43(39,40)29-17-13-25(34)14-18-29)21-28-16-15-27(42-28)19-30-31(33(38)41-3)23(2)36(32(30)37)26-7-5-4-6-8-26/h9-19,26H,4-8,20-21H2,1-3H3/b30-19+. The van der Waals surface area contributed by atoms with Crippen LogP contribution in [0, 0.1) is 6.92 Å². The quantitative estimate of drug-likeness (QED) is 0.196. The Hall–Kier alpha value is -3.66. The lowest BCUT2D eigenvalue weighted by Crippen LogP contribution is -2.37. The molecule has 0 N–H and O–H groups in total. The third kappa shape index (κ3) is 6.64. The lowest BCUT2D eigenvalue weighted by Gasteiger charge is -2.32. The summed E-state index contributed by atoms with van der Waals surface area (Å²) < 4.78 is 39.9. The van der Waals surface area contributed by atoms with Gasteiger partial charge in [-0.3, -0.25) is 4.79 Å². The number of allylic oxidation sites excluding steroid dienone is 1. The Morgan fingerprint density at radius 1 is 1.00 bits per heavy atom. The summed E-state index contributed by atoms with van der Waals surface area (Å²) >= 11 is 6.01. The van der Waals surface area contributed by atoms with Crippen LogP contribution in [0.4, 0.5) is 0 Å². The predicted octanol–water partition coefficient (Wildman–Crippen LogP) is 6.64. The van der Waals surface area contributed by atoms with E-state index >= 15 is 0 Å². The van der Waals surface area contributed by atoms with E-state index in [4.69, 9.17) is 20.8 Å². The molecule has 3 aromatic rings. The van der Waals surface area contributed by atoms with E-state index in [-0.39, 0.29) is 41.1 Å². The highest BCUT2D eigenvalue weighted by Gasteiger charge is 2.40. The third-order valence-corrected chi connectivity index (χ3v) is 10.1. The number of ether oxygens (including phenoxy) is 1. The predicted molar refractivity (Wildman–Crippen MR) is 164 cm³/mol. The second kappa shape index (κ2) is 12.9. The molecule has 0 unspecified atom stereocenters. The SMILES string of the molecule is COC(=O)C1=C(C)N(C2CCCCC2)C(=O)/C1=C/c1ccc(CN(Cc2ccc(C)cc2)S(=O)(=O)c2ccc(Cl)cc2)o1. The second-order valence-electron chi connectivity index (χ2n) is 11.0. The number of hydrogen-bond donors (Lipinski definition) is 0. The molecule has 8 nitrogen and oxygen atoms in total. The van der Waals surface area contributed by atoms with Crippen molar-refractivity contribution in [2.75, 3.05) is 7.11 Å². The van der Waals surface area contributed by atoms with Gasteiger partial charge in [-0.15, -0.1) is 0 Å². The van der Waals surface area contributed by atoms with Gasteiger partial charge in [-0.2, -0.15) is 4.31 Å². The molecule has 0 radical (unpaired) electrons. The molecule has 0 saturated heterocycles. The lowest BCUT2D eigenvalue weighted by atomic mass is 9.94. The zero-order valence-corrected chi connectivity index (χ0v) is 26.1. The molecule has 43 heavy (non-hydrogen) atoms. The Balaban J connectivity index is 1.45. The molecule has 1 aliphatic carbocycles. The molecular formula is C33H35ClN2O6S. The van der Waals surface area contributed by atoms with Gasteiger partial charge in [0.05, 0.1) is 29.7 Å². The summed E-state index contributed by atoms with van der Waals surface area (Å²) in [6.07, 6.45) is 6.52. The number of amides is 1. The Morgan fingerprint density at radius 2 is 1.67 bits per heavy atom. The van der Waals surface area contributed by atoms with Crippen molar-refractivity contribution in [1.82, 2.24) is 9.21 Å². The normalized spacial score (nSPS) is 17.4. The van der Waals surface area contributed by atoms with E-state index < -0.39 is 16.0 Å². The first kappa shape index (κ1) is 30.8. The summed E-state index contributed by atoms with van der Waals surface area (Å²) in [5.74, 6) is -0.127. The topological polar surface area (TPSA) is 97.1 Å². The van der Waals surface area contributed by atoms with Crippen molar-refractivity contribution in [2.24, 2.45) is 0 Å². The number of furan rings is 1. The summed E-state index contributed by atoms with van der Waals surface area (Å²) in [4.78, 5) is 28.3. The minimum atomic E-state index is -3.93. The first-order valence-electron chi connectivity index (χ1n) is 14.3. The highest BCUT2D eigenvalue weighted by molar-refractivity contribution is 7.89. The van der Waals surface area contributed by atoms with Gasteiger partial charge in [0.15, 0.2) is 0 Å². The number of nitrogens with zero attached hydrogens (tertiary/aromatic N) is 2. The number of benzene rings is 2. The molecule has 1 aromatic heterocycles. The average molecular weight is 623 g/mol. The monoisotopic (exact) mass is 622 g/mol. The maximum absolute atomic E-state index is 13.7. The summed E-state index contributed by atoms with van der Waals surface area (Å²) in [6.45, 7) is 3.81. The number of methoxy groups -OCH3 is 1. The van der Waals surface area contributed by atoms with Gasteiger partial charge in [-0.25, -0.2) is 13.2 Å². The zero-order chi connectivity index (χ0) is 30.7. The Kier molecular flexibility index (Phi) is 9.25. The second-order valence-corrected chi connectivity index (χ2v) is 13.4. The Labute approximate surface area is 257 Å². The summed E-state index contributed by atoms with van der Waals surface area (Å²) in [7, 11) is -2.63. The van der Waals surface area contributed by atoms with Gasteiger partial charge >= 0.3 is 5.97 Å². The number of carbonyl (C=O) groups is 2. The number of sulfonamides is 1. The summed E-state index contributed by atoms with van der Waals surface area (Å²) in [5.41, 5.74) is 2.90. The van der Waals surface area contributed by atoms with Crippen LogP contribution < -0.4 is 0 Å². The molecule has 10 heteroatoms. The molecule has 2 heterocycles. The van der Waals surface area contributed by atoms with Gasteiger partial charge in [-0.1, -0.05) is 60.7 Å². The molecule has 2 aliphatic rings. The van der Waals surface area contributed by atoms with Crippen molar-refractivity contribution in [3.63, 3.8) is 0 Å². The van der Waals surface area contributed by atoms with Crippen LogP contribution in [-0.4, -0.2) is 42.7 Å². The van der Waals surface area contributed by atoms with Gasteiger partial charge in [0.2, 0.25) is 10.0 Å². The maximum Gasteiger partial charge on any atom is 0.340 e. The van der Waals surface area contributed by atoms with Crippen molar-refractivity contribution in [3.05, 3.63) is 105 Å². The average Bonchev–Trinajstić information content (AvgIpc) is 3.54. The van der Waals surface area contributed by atoms with Crippen molar-refractivity contribution in [3.8, 4) is 0 Å². The van der Waals surface area contributed by atoms with Crippen LogP contribution in [-0.2, 0) is 37.4 Å². The number of rotatable bonds is 9. The minimum Gasteiger partial charge on any atom is -0.465 e. The third-order valence-electron chi connectivity index (χ3n) is 8.00. The van der Waals surface area contributed by atoms with E-state index in [0.717, 1.165) is 43.2 Å². The molecule has 1 aliphatic heterocycles. The van der Waals surface area contributed by atoms with Crippen LogP contribution in [0.15, 0.2) is 86.8 Å². The van der Waals surface area contributed by atoms with Gasteiger partial charge in [0.1, 0.15) is 11.5 Å². The van der Waals surface area contributed by atoms with Crippen molar-refractivity contribution in [1.29, 1.82) is 0 Å². The molecule has 5 rings (SSSR count). The lowest BCUT2D eigenvalue weighted by molar-refractivity contribution is -0.136. The van der Waals surface area contributed by atoms with E-state index in [1.807, 2.05) is 31.2 Å². The number of hydrogen-bond acceptors (Lipinski definition) is 6. The largest absolute Gasteiger partial charge is 0.465 e. The van der Waals surface area contributed by atoms with Gasteiger partial charge < -0.3 is 14.1 Å². The van der Waals surface area contributed by atoms with Crippen LogP contribution in [0.5, 0.6) is 0 Å². The van der Waals surface area contributed by atoms with E-state index in [1.165, 1.54) is 23.5 Å². The number of carbonyl (C=O) groups excluding carboxylic acids is 2. The maximum atomic E-state index is 13.7. The first-order valence-corrected chi connectivity index (χ1v) is 16.1. The smallest absolute Gasteiger partial charge is 0.340 e. The van der Waals surface area contributed by atoms with Crippen molar-refractivity contribution >= 4 is 39.6 Å². The fraction of sp³-hybridized carbons (Fsp3) is 0.333. The Bertz CT molecular complexity index is 1670. The minimum absolute atomic E-state index is 0.0346. The van der Waals surface area contributed by atoms with Crippen LogP contribution in [0.2, 0.25) is 5.02 Å². The first-order chi connectivity index (χ1) is 20.6. The molecule has 1 saturated carbocycles. The Morgan fingerprint density at radius 3 is 2.33 bits per heavy atom. The van der Waals surface area contributed by atoms with Crippen LogP contribution in [0.3, 0.4) is 0 Å². The highest BCUT2D eigenvalue weighted by atomic mass is 35.5. The van der Waals surface area contributed by atoms with Crippen LogP contribution in [0.1, 0.15) is 61.7 Å². The fourth-order valence-corrected chi connectivity index (χ4v) is 7.25. The summed E-state index contributed by atoms with van der Waals surface area (Å²) in [5, 5.41) is 0.437. The van der Waals surface area contributed by atoms with Gasteiger partial charge in [0, 0.05) is 23.3 Å². The van der Waals surface area contributed by atoms with Crippen LogP contribution in [0.25, 0.3) is 6.08 Å². The number of esters is 1. The number of aryl methyl sites for hydroxylation is 1. The molecule has 1 fully saturated rings. The number of halogens is 1. The molecule has 226 valence electrons. The van der Waals surface area contributed by atoms with E-state index in [0.29, 0.717) is 22.2 Å². The summed E-state index contributed by atoms with van der Waals surface area (Å²) in [6, 6.07) is 17.1. The van der Waals surface area contributed by atoms with Crippen LogP contribution >= 0.6 is 11.6 Å². The molecule has 2 aromatic carbocycles. The molecular weight excluding hydrogens is 588 g/mol. The molecule has 0 spiro atoms.